The summed E-state index contributed by atoms with van der Waals surface area (Å²) in [7, 11) is 0. The maximum atomic E-state index is 13.7. The number of phenolic OH excluding ortho intramolecular Hbond substituents is 1. The summed E-state index contributed by atoms with van der Waals surface area (Å²) in [5, 5.41) is 21.4. The first-order valence-corrected chi connectivity index (χ1v) is 11.3. The normalized spacial score (nSPS) is 13.0. The van der Waals surface area contributed by atoms with Gasteiger partial charge in [-0.05, 0) is 55.0 Å². The van der Waals surface area contributed by atoms with Crippen LogP contribution in [0.4, 0.5) is 5.69 Å². The Labute approximate surface area is 205 Å². The third-order valence-corrected chi connectivity index (χ3v) is 6.18. The van der Waals surface area contributed by atoms with E-state index in [9.17, 15) is 14.7 Å². The topological polar surface area (TPSA) is 97.6 Å². The summed E-state index contributed by atoms with van der Waals surface area (Å²) in [5.41, 5.74) is 3.04. The van der Waals surface area contributed by atoms with Gasteiger partial charge in [-0.1, -0.05) is 36.9 Å². The van der Waals surface area contributed by atoms with Crippen molar-refractivity contribution >= 4 is 39.3 Å². The van der Waals surface area contributed by atoms with Crippen LogP contribution in [0.25, 0.3) is 27.5 Å². The Bertz CT molecular complexity index is 1680. The van der Waals surface area contributed by atoms with Crippen LogP contribution >= 0.6 is 0 Å². The van der Waals surface area contributed by atoms with Gasteiger partial charge >= 0.3 is 0 Å². The monoisotopic (exact) mass is 476 g/mol. The van der Waals surface area contributed by atoms with Crippen LogP contribution in [0.2, 0.25) is 0 Å². The Balaban J connectivity index is 1.51. The fourth-order valence-electron chi connectivity index (χ4n) is 4.59. The Morgan fingerprint density at radius 2 is 1.58 bits per heavy atom. The van der Waals surface area contributed by atoms with Crippen molar-refractivity contribution in [3.05, 3.63) is 96.1 Å². The highest BCUT2D eigenvalue weighted by Crippen LogP contribution is 2.41. The lowest BCUT2D eigenvalue weighted by molar-refractivity contribution is 0.0892. The zero-order valence-corrected chi connectivity index (χ0v) is 19.3. The molecule has 0 saturated carbocycles. The summed E-state index contributed by atoms with van der Waals surface area (Å²) in [6, 6.07) is 19.2. The SMILES string of the molecule is C=CCOc1ccc2c3c(cccc13)C(=O)N(c1cc(C)cc(-n3nc4ccccc4n3)c1O)C2=O. The number of benzene rings is 4. The van der Waals surface area contributed by atoms with Gasteiger partial charge < -0.3 is 9.84 Å². The van der Waals surface area contributed by atoms with Crippen molar-refractivity contribution in [2.45, 2.75) is 6.92 Å². The lowest BCUT2D eigenvalue weighted by Crippen LogP contribution is -2.40. The third kappa shape index (κ3) is 3.15. The molecule has 1 aliphatic rings. The molecular weight excluding hydrogens is 456 g/mol. The fraction of sp³-hybridized carbons (Fsp3) is 0.0714. The lowest BCUT2D eigenvalue weighted by Gasteiger charge is -2.28. The highest BCUT2D eigenvalue weighted by molar-refractivity contribution is 6.36. The number of hydrogen-bond acceptors (Lipinski definition) is 6. The predicted molar refractivity (Wildman–Crippen MR) is 136 cm³/mol. The van der Waals surface area contributed by atoms with Crippen molar-refractivity contribution in [1.82, 2.24) is 15.0 Å². The van der Waals surface area contributed by atoms with E-state index < -0.39 is 11.8 Å². The van der Waals surface area contributed by atoms with E-state index in [4.69, 9.17) is 4.74 Å². The van der Waals surface area contributed by atoms with Gasteiger partial charge in [0.15, 0.2) is 5.75 Å². The minimum Gasteiger partial charge on any atom is -0.504 e. The smallest absolute Gasteiger partial charge is 0.266 e. The molecule has 0 spiro atoms. The molecule has 176 valence electrons. The summed E-state index contributed by atoms with van der Waals surface area (Å²) in [4.78, 5) is 29.7. The number of ether oxygens (including phenoxy) is 1. The summed E-state index contributed by atoms with van der Waals surface area (Å²) in [6.45, 7) is 5.77. The Hall–Kier alpha value is -4.98. The molecule has 0 bridgehead atoms. The summed E-state index contributed by atoms with van der Waals surface area (Å²) in [5.74, 6) is -0.792. The van der Waals surface area contributed by atoms with Crippen molar-refractivity contribution in [2.75, 3.05) is 11.5 Å². The standard InChI is InChI=1S/C28H20N4O4/c1-3-13-36-24-12-11-19-25-17(24)7-6-8-18(25)27(34)31(28(19)35)22-14-16(2)15-23(26(22)33)32-29-20-9-4-5-10-21(20)30-32/h3-12,14-15,33H,1,13H2,2H3. The first-order chi connectivity index (χ1) is 17.5. The predicted octanol–water partition coefficient (Wildman–Crippen LogP) is 4.95. The van der Waals surface area contributed by atoms with Gasteiger partial charge in [-0.15, -0.1) is 15.0 Å². The van der Waals surface area contributed by atoms with Crippen LogP contribution in [0.15, 0.2) is 79.4 Å². The Morgan fingerprint density at radius 1 is 0.917 bits per heavy atom. The second-order valence-corrected chi connectivity index (χ2v) is 8.51. The summed E-state index contributed by atoms with van der Waals surface area (Å²) < 4.78 is 5.74. The molecule has 1 N–H and O–H groups in total. The number of imide groups is 1. The van der Waals surface area contributed by atoms with Crippen LogP contribution in [-0.4, -0.2) is 38.5 Å². The van der Waals surface area contributed by atoms with Gasteiger partial charge in [0.2, 0.25) is 0 Å². The maximum absolute atomic E-state index is 13.7. The molecule has 0 unspecified atom stereocenters. The average Bonchev–Trinajstić information content (AvgIpc) is 3.32. The largest absolute Gasteiger partial charge is 0.504 e. The molecule has 2 heterocycles. The van der Waals surface area contributed by atoms with E-state index in [2.05, 4.69) is 16.8 Å². The number of aromatic hydroxyl groups is 1. The molecule has 8 nitrogen and oxygen atoms in total. The molecule has 2 amide bonds. The number of carbonyl (C=O) groups is 2. The van der Waals surface area contributed by atoms with Crippen molar-refractivity contribution < 1.29 is 19.4 Å². The number of nitrogens with zero attached hydrogens (tertiary/aromatic N) is 4. The van der Waals surface area contributed by atoms with Crippen LogP contribution in [-0.2, 0) is 0 Å². The fourth-order valence-corrected chi connectivity index (χ4v) is 4.59. The van der Waals surface area contributed by atoms with Crippen LogP contribution < -0.4 is 9.64 Å². The lowest BCUT2D eigenvalue weighted by atomic mass is 9.93. The second-order valence-electron chi connectivity index (χ2n) is 8.51. The number of anilines is 1. The molecular formula is C28H20N4O4. The molecule has 1 aliphatic heterocycles. The van der Waals surface area contributed by atoms with Gasteiger partial charge in [-0.3, -0.25) is 9.59 Å². The van der Waals surface area contributed by atoms with Crippen molar-refractivity contribution in [3.63, 3.8) is 0 Å². The summed E-state index contributed by atoms with van der Waals surface area (Å²) >= 11 is 0. The minimum absolute atomic E-state index is 0.0657. The number of aryl methyl sites for hydroxylation is 1. The van der Waals surface area contributed by atoms with E-state index in [1.807, 2.05) is 37.3 Å². The molecule has 36 heavy (non-hydrogen) atoms. The zero-order valence-electron chi connectivity index (χ0n) is 19.3. The first-order valence-electron chi connectivity index (χ1n) is 11.3. The van der Waals surface area contributed by atoms with E-state index >= 15 is 0 Å². The van der Waals surface area contributed by atoms with Gasteiger partial charge in [0.25, 0.3) is 11.8 Å². The maximum Gasteiger partial charge on any atom is 0.266 e. The molecule has 0 fully saturated rings. The number of hydrogen-bond donors (Lipinski definition) is 1. The Morgan fingerprint density at radius 3 is 2.28 bits per heavy atom. The number of phenols is 1. The second kappa shape index (κ2) is 8.06. The van der Waals surface area contributed by atoms with E-state index in [1.54, 1.807) is 42.5 Å². The number of fused-ring (bicyclic) bond motifs is 1. The number of rotatable bonds is 5. The van der Waals surface area contributed by atoms with E-state index in [-0.39, 0.29) is 17.1 Å². The highest BCUT2D eigenvalue weighted by atomic mass is 16.5. The van der Waals surface area contributed by atoms with E-state index in [1.165, 1.54) is 4.80 Å². The van der Waals surface area contributed by atoms with Gasteiger partial charge in [0.1, 0.15) is 29.1 Å². The zero-order chi connectivity index (χ0) is 25.0. The van der Waals surface area contributed by atoms with Gasteiger partial charge in [0.05, 0.1) is 5.69 Å². The van der Waals surface area contributed by atoms with E-state index in [0.29, 0.717) is 45.3 Å². The Kier molecular flexibility index (Phi) is 4.82. The van der Waals surface area contributed by atoms with Crippen LogP contribution in [0.1, 0.15) is 26.3 Å². The van der Waals surface area contributed by atoms with Crippen molar-refractivity contribution in [1.29, 1.82) is 0 Å². The molecule has 1 aromatic heterocycles. The molecule has 6 rings (SSSR count). The molecule has 8 heteroatoms. The first kappa shape index (κ1) is 21.5. The van der Waals surface area contributed by atoms with E-state index in [0.717, 1.165) is 10.5 Å². The molecule has 4 aromatic carbocycles. The van der Waals surface area contributed by atoms with Gasteiger partial charge in [-0.2, -0.15) is 0 Å². The van der Waals surface area contributed by atoms with Crippen LogP contribution in [0.3, 0.4) is 0 Å². The van der Waals surface area contributed by atoms with Crippen molar-refractivity contribution in [2.24, 2.45) is 0 Å². The molecule has 0 saturated heterocycles. The molecule has 0 radical (unpaired) electrons. The minimum atomic E-state index is -0.538. The molecule has 0 atom stereocenters. The third-order valence-electron chi connectivity index (χ3n) is 6.18. The van der Waals surface area contributed by atoms with Crippen LogP contribution in [0.5, 0.6) is 11.5 Å². The molecule has 0 aliphatic carbocycles. The highest BCUT2D eigenvalue weighted by Gasteiger charge is 2.36. The number of aromatic nitrogens is 3. The van der Waals surface area contributed by atoms with Gasteiger partial charge in [0, 0.05) is 21.9 Å². The molecule has 5 aromatic rings. The average molecular weight is 476 g/mol. The van der Waals surface area contributed by atoms with Gasteiger partial charge in [-0.25, -0.2) is 4.90 Å². The van der Waals surface area contributed by atoms with Crippen LogP contribution in [0, 0.1) is 6.92 Å². The summed E-state index contributed by atoms with van der Waals surface area (Å²) in [6.07, 6.45) is 1.63. The quantitative estimate of drug-likeness (QED) is 0.285. The number of amides is 2. The number of carbonyl (C=O) groups excluding carboxylic acids is 2. The van der Waals surface area contributed by atoms with Crippen molar-refractivity contribution in [3.8, 4) is 17.2 Å².